The van der Waals surface area contributed by atoms with Gasteiger partial charge in [0.15, 0.2) is 5.17 Å². The number of nitrogens with one attached hydrogen (secondary N) is 1. The summed E-state index contributed by atoms with van der Waals surface area (Å²) in [5, 5.41) is 2.80. The Labute approximate surface area is 209 Å². The molecule has 3 aromatic carbocycles. The summed E-state index contributed by atoms with van der Waals surface area (Å²) in [7, 11) is 1.61. The lowest BCUT2D eigenvalue weighted by molar-refractivity contribution is -0.129. The number of thioether (sulfide) groups is 1. The fraction of sp³-hybridized carbons (Fsp3) is 0.222. The van der Waals surface area contributed by atoms with E-state index < -0.39 is 5.25 Å². The second-order valence-electron chi connectivity index (χ2n) is 7.82. The highest BCUT2D eigenvalue weighted by molar-refractivity contribution is 8.15. The number of hydrogen-bond acceptors (Lipinski definition) is 6. The molecular weight excluding hydrogens is 462 g/mol. The Morgan fingerprint density at radius 2 is 1.83 bits per heavy atom. The summed E-state index contributed by atoms with van der Waals surface area (Å²) in [4.78, 5) is 32.7. The van der Waals surface area contributed by atoms with Crippen molar-refractivity contribution >= 4 is 40.1 Å². The van der Waals surface area contributed by atoms with Gasteiger partial charge in [0.05, 0.1) is 25.9 Å². The predicted octanol–water partition coefficient (Wildman–Crippen LogP) is 5.25. The molecule has 35 heavy (non-hydrogen) atoms. The molecule has 0 unspecified atom stereocenters. The van der Waals surface area contributed by atoms with Gasteiger partial charge < -0.3 is 14.8 Å². The molecule has 0 bridgehead atoms. The molecule has 0 aromatic heterocycles. The molecule has 3 aromatic rings. The third-order valence-corrected chi connectivity index (χ3v) is 6.51. The maximum Gasteiger partial charge on any atom is 0.238 e. The third kappa shape index (κ3) is 6.42. The van der Waals surface area contributed by atoms with E-state index in [2.05, 4.69) is 5.32 Å². The summed E-state index contributed by atoms with van der Waals surface area (Å²) in [6.45, 7) is 2.79. The van der Waals surface area contributed by atoms with Crippen molar-refractivity contribution < 1.29 is 19.1 Å². The van der Waals surface area contributed by atoms with E-state index >= 15 is 0 Å². The average Bonchev–Trinajstić information content (AvgIpc) is 2.87. The van der Waals surface area contributed by atoms with Crippen LogP contribution in [0.2, 0.25) is 0 Å². The van der Waals surface area contributed by atoms with Gasteiger partial charge in [-0.25, -0.2) is 4.99 Å². The molecule has 0 saturated carbocycles. The van der Waals surface area contributed by atoms with E-state index in [0.717, 1.165) is 11.3 Å². The Morgan fingerprint density at radius 1 is 1.06 bits per heavy atom. The number of amides is 2. The van der Waals surface area contributed by atoms with Crippen molar-refractivity contribution in [3.05, 3.63) is 84.4 Å². The molecule has 1 aliphatic rings. The molecule has 8 heteroatoms. The number of ether oxygens (including phenoxy) is 2. The average molecular weight is 490 g/mol. The van der Waals surface area contributed by atoms with Crippen LogP contribution in [-0.4, -0.2) is 40.8 Å². The van der Waals surface area contributed by atoms with Gasteiger partial charge in [-0.2, -0.15) is 0 Å². The molecule has 1 N–H and O–H groups in total. The van der Waals surface area contributed by atoms with Crippen molar-refractivity contribution in [3.8, 4) is 11.5 Å². The van der Waals surface area contributed by atoms with Gasteiger partial charge in [0, 0.05) is 18.2 Å². The largest absolute Gasteiger partial charge is 0.497 e. The van der Waals surface area contributed by atoms with Gasteiger partial charge in [-0.1, -0.05) is 48.2 Å². The number of aliphatic imine (C=N–C) groups is 1. The number of para-hydroxylation sites is 1. The zero-order valence-corrected chi connectivity index (χ0v) is 20.5. The van der Waals surface area contributed by atoms with E-state index in [0.29, 0.717) is 35.4 Å². The van der Waals surface area contributed by atoms with Gasteiger partial charge in [0.25, 0.3) is 0 Å². The van der Waals surface area contributed by atoms with E-state index in [1.54, 1.807) is 24.1 Å². The monoisotopic (exact) mass is 489 g/mol. The van der Waals surface area contributed by atoms with Crippen LogP contribution < -0.4 is 14.8 Å². The first-order chi connectivity index (χ1) is 17.1. The molecule has 7 nitrogen and oxygen atoms in total. The van der Waals surface area contributed by atoms with Crippen LogP contribution in [0.4, 0.5) is 11.4 Å². The van der Waals surface area contributed by atoms with Crippen molar-refractivity contribution in [2.75, 3.05) is 19.0 Å². The molecule has 180 valence electrons. The molecule has 1 saturated heterocycles. The number of carbonyl (C=O) groups excluding carboxylic acids is 2. The zero-order chi connectivity index (χ0) is 24.6. The maximum absolute atomic E-state index is 13.2. The quantitative estimate of drug-likeness (QED) is 0.467. The van der Waals surface area contributed by atoms with Crippen molar-refractivity contribution in [3.63, 3.8) is 0 Å². The number of hydrogen-bond donors (Lipinski definition) is 1. The van der Waals surface area contributed by atoms with Crippen LogP contribution in [-0.2, 0) is 16.1 Å². The van der Waals surface area contributed by atoms with Crippen LogP contribution in [0.3, 0.4) is 0 Å². The van der Waals surface area contributed by atoms with Crippen molar-refractivity contribution in [1.82, 2.24) is 4.90 Å². The van der Waals surface area contributed by atoms with E-state index in [1.165, 1.54) is 11.8 Å². The zero-order valence-electron chi connectivity index (χ0n) is 19.6. The van der Waals surface area contributed by atoms with Gasteiger partial charge in [-0.3, -0.25) is 14.5 Å². The molecule has 1 aliphatic heterocycles. The second kappa shape index (κ2) is 11.6. The normalized spacial score (nSPS) is 16.7. The molecule has 4 rings (SSSR count). The summed E-state index contributed by atoms with van der Waals surface area (Å²) >= 11 is 1.29. The molecule has 1 fully saturated rings. The maximum atomic E-state index is 13.2. The van der Waals surface area contributed by atoms with Gasteiger partial charge >= 0.3 is 0 Å². The summed E-state index contributed by atoms with van der Waals surface area (Å²) in [5.41, 5.74) is 2.28. The number of rotatable bonds is 8. The Morgan fingerprint density at radius 3 is 2.54 bits per heavy atom. The first kappa shape index (κ1) is 24.3. The number of anilines is 1. The highest BCUT2D eigenvalue weighted by atomic mass is 32.2. The summed E-state index contributed by atoms with van der Waals surface area (Å²) in [6.07, 6.45) is 0.0750. The molecular formula is C27H27N3O4S. The molecule has 0 radical (unpaired) electrons. The molecule has 1 atom stereocenters. The van der Waals surface area contributed by atoms with Crippen LogP contribution >= 0.6 is 11.8 Å². The molecule has 1 heterocycles. The van der Waals surface area contributed by atoms with Crippen LogP contribution in [0.5, 0.6) is 11.5 Å². The number of benzene rings is 3. The Kier molecular flexibility index (Phi) is 8.05. The van der Waals surface area contributed by atoms with E-state index in [4.69, 9.17) is 14.5 Å². The molecule has 0 aliphatic carbocycles. The summed E-state index contributed by atoms with van der Waals surface area (Å²) in [6, 6.07) is 24.2. The Balaban J connectivity index is 1.55. The van der Waals surface area contributed by atoms with E-state index in [1.807, 2.05) is 73.7 Å². The number of carbonyl (C=O) groups is 2. The number of amidine groups is 1. The van der Waals surface area contributed by atoms with Gasteiger partial charge in [-0.05, 0) is 48.9 Å². The highest BCUT2D eigenvalue weighted by Gasteiger charge is 2.36. The molecule has 2 amide bonds. The Bertz CT molecular complexity index is 1200. The lowest BCUT2D eigenvalue weighted by Crippen LogP contribution is -2.44. The van der Waals surface area contributed by atoms with Crippen LogP contribution in [0, 0.1) is 0 Å². The minimum Gasteiger partial charge on any atom is -0.497 e. The van der Waals surface area contributed by atoms with E-state index in [9.17, 15) is 9.59 Å². The fourth-order valence-corrected chi connectivity index (χ4v) is 4.67. The minimum atomic E-state index is -0.604. The van der Waals surface area contributed by atoms with Crippen LogP contribution in [0.1, 0.15) is 18.9 Å². The van der Waals surface area contributed by atoms with Gasteiger partial charge in [0.2, 0.25) is 11.8 Å². The third-order valence-electron chi connectivity index (χ3n) is 5.33. The standard InChI is InChI=1S/C27H27N3O4S/c1-3-34-23-11-7-10-21(16-23)28-26(32)24-17-25(31)30(18-19-12-14-22(33-2)15-13-19)27(35-24)29-20-8-5-4-6-9-20/h4-16,24H,3,17-18H2,1-2H3,(H,28,32)/t24-/m1/s1. The predicted molar refractivity (Wildman–Crippen MR) is 139 cm³/mol. The SMILES string of the molecule is CCOc1cccc(NC(=O)[C@H]2CC(=O)N(Cc3ccc(OC)cc3)C(=Nc3ccccc3)S2)c1. The number of nitrogens with zero attached hydrogens (tertiary/aromatic N) is 2. The van der Waals surface area contributed by atoms with Gasteiger partial charge in [-0.15, -0.1) is 0 Å². The smallest absolute Gasteiger partial charge is 0.238 e. The molecule has 0 spiro atoms. The number of methoxy groups -OCH3 is 1. The van der Waals surface area contributed by atoms with Crippen LogP contribution in [0.15, 0.2) is 83.9 Å². The fourth-order valence-electron chi connectivity index (χ4n) is 3.58. The lowest BCUT2D eigenvalue weighted by Gasteiger charge is -2.32. The summed E-state index contributed by atoms with van der Waals surface area (Å²) in [5.74, 6) is 1.02. The van der Waals surface area contributed by atoms with Crippen molar-refractivity contribution in [1.29, 1.82) is 0 Å². The van der Waals surface area contributed by atoms with Crippen molar-refractivity contribution in [2.45, 2.75) is 25.1 Å². The second-order valence-corrected chi connectivity index (χ2v) is 8.99. The van der Waals surface area contributed by atoms with Gasteiger partial charge in [0.1, 0.15) is 16.7 Å². The van der Waals surface area contributed by atoms with Crippen molar-refractivity contribution in [2.24, 2.45) is 4.99 Å². The van der Waals surface area contributed by atoms with E-state index in [-0.39, 0.29) is 18.2 Å². The Hall–Kier alpha value is -3.78. The lowest BCUT2D eigenvalue weighted by atomic mass is 10.2. The topological polar surface area (TPSA) is 80.2 Å². The minimum absolute atomic E-state index is 0.0750. The summed E-state index contributed by atoms with van der Waals surface area (Å²) < 4.78 is 10.7. The van der Waals surface area contributed by atoms with Crippen LogP contribution in [0.25, 0.3) is 0 Å². The first-order valence-electron chi connectivity index (χ1n) is 11.3. The highest BCUT2D eigenvalue weighted by Crippen LogP contribution is 2.31. The first-order valence-corrected chi connectivity index (χ1v) is 12.2.